The van der Waals surface area contributed by atoms with Crippen molar-refractivity contribution in [2.75, 3.05) is 6.61 Å². The normalized spacial score (nSPS) is 23.7. The Labute approximate surface area is 581 Å². The second kappa shape index (κ2) is 45.6. The number of carboxylic acid groups (broad SMARTS) is 2. The van der Waals surface area contributed by atoms with Gasteiger partial charge < -0.3 is 89.4 Å². The topological polar surface area (TPSA) is 505 Å². The highest BCUT2D eigenvalue weighted by molar-refractivity contribution is 6.00. The van der Waals surface area contributed by atoms with E-state index in [0.29, 0.717) is 12.8 Å². The van der Waals surface area contributed by atoms with Gasteiger partial charge in [0.05, 0.1) is 25.6 Å². The van der Waals surface area contributed by atoms with Crippen LogP contribution < -0.4 is 64.2 Å². The van der Waals surface area contributed by atoms with E-state index in [1.807, 2.05) is 0 Å². The molecule has 564 valence electrons. The first-order valence-electron chi connectivity index (χ1n) is 34.8. The number of unbranched alkanes of at least 4 members (excludes halogenated alkanes) is 4. The number of rotatable bonds is 34. The summed E-state index contributed by atoms with van der Waals surface area (Å²) >= 11 is 0. The minimum absolute atomic E-state index is 0.0402. The minimum Gasteiger partial charge on any atom is -0.481 e. The Bertz CT molecular complexity index is 2710. The number of primary amides is 1. The Morgan fingerprint density at radius 2 is 0.929 bits per heavy atom. The van der Waals surface area contributed by atoms with Crippen molar-refractivity contribution in [3.05, 3.63) is 0 Å². The summed E-state index contributed by atoms with van der Waals surface area (Å²) in [5, 5.41) is 68.7. The third-order valence-corrected chi connectivity index (χ3v) is 16.3. The van der Waals surface area contributed by atoms with Crippen LogP contribution in [0.25, 0.3) is 0 Å². The fourth-order valence-electron chi connectivity index (χ4n) is 10.8. The number of aliphatic hydroxyl groups excluding tert-OH is 2. The third-order valence-electron chi connectivity index (χ3n) is 16.3. The SMILES string of the molecule is CCCCCCC[C@H](O)CC(=O)N[C@H](CC(C)C)C(=O)N[C@H](CC(=O)O)C(=O)NC1C(=O)NC(CC(C)C)C(=O)N[C@H](CC(C)C)C(=O)NC(CO)C(=O)NC(CC(C)C)C(=O)N[C@H](CCC(N)=O)C(=O)NC(CC(C)C)C(=O)N[C@@H]([C@@H](C)CC)C(=O)NC(CCC(=O)O)C(=O)O[C@@H]1C. The average molecular weight is 1410 g/mol. The maximum atomic E-state index is 15.0. The molecule has 99 heavy (non-hydrogen) atoms. The molecule has 1 heterocycles. The molecule has 0 spiro atoms. The first-order chi connectivity index (χ1) is 46.2. The molecular weight excluding hydrogens is 1290 g/mol. The molecule has 1 aliphatic rings. The van der Waals surface area contributed by atoms with Crippen molar-refractivity contribution in [1.29, 1.82) is 0 Å². The van der Waals surface area contributed by atoms with Gasteiger partial charge in [-0.15, -0.1) is 0 Å². The van der Waals surface area contributed by atoms with Crippen LogP contribution in [0.5, 0.6) is 0 Å². The lowest BCUT2D eigenvalue weighted by Gasteiger charge is -2.31. The second-order valence-electron chi connectivity index (χ2n) is 28.0. The monoisotopic (exact) mass is 1410 g/mol. The highest BCUT2D eigenvalue weighted by atomic mass is 16.5. The number of carbonyl (C=O) groups is 15. The number of carboxylic acids is 2. The van der Waals surface area contributed by atoms with Gasteiger partial charge in [0.1, 0.15) is 72.6 Å². The lowest BCUT2D eigenvalue weighted by Crippen LogP contribution is -2.63. The summed E-state index contributed by atoms with van der Waals surface area (Å²) in [7, 11) is 0. The number of ether oxygens (including phenoxy) is 1. The molecule has 0 bridgehead atoms. The Morgan fingerprint density at radius 1 is 0.495 bits per heavy atom. The van der Waals surface area contributed by atoms with Gasteiger partial charge in [-0.3, -0.25) is 67.1 Å². The molecule has 17 N–H and O–H groups in total. The largest absolute Gasteiger partial charge is 0.481 e. The molecule has 0 aromatic carbocycles. The van der Waals surface area contributed by atoms with Crippen LogP contribution in [0.1, 0.15) is 213 Å². The Balaban J connectivity index is 4.38. The Kier molecular flexibility index (Phi) is 41.0. The fraction of sp³-hybridized carbons (Fsp3) is 0.776. The van der Waals surface area contributed by atoms with Gasteiger partial charge in [0.15, 0.2) is 0 Å². The molecule has 32 heteroatoms. The van der Waals surface area contributed by atoms with E-state index in [1.165, 1.54) is 0 Å². The van der Waals surface area contributed by atoms with Crippen LogP contribution in [0, 0.1) is 35.5 Å². The van der Waals surface area contributed by atoms with Gasteiger partial charge in [0.25, 0.3) is 0 Å². The van der Waals surface area contributed by atoms with Crippen LogP contribution in [-0.4, -0.2) is 194 Å². The summed E-state index contributed by atoms with van der Waals surface area (Å²) in [6.07, 6.45) is -2.53. The number of carbonyl (C=O) groups excluding carboxylic acids is 13. The van der Waals surface area contributed by atoms with Crippen molar-refractivity contribution in [3.63, 3.8) is 0 Å². The van der Waals surface area contributed by atoms with E-state index in [1.54, 1.807) is 83.1 Å². The molecule has 1 saturated heterocycles. The first-order valence-corrected chi connectivity index (χ1v) is 34.8. The van der Waals surface area contributed by atoms with E-state index in [2.05, 4.69) is 65.4 Å². The van der Waals surface area contributed by atoms with Gasteiger partial charge in [-0.2, -0.15) is 0 Å². The number of aliphatic carboxylic acids is 2. The van der Waals surface area contributed by atoms with Crippen LogP contribution in [-0.2, 0) is 76.7 Å². The summed E-state index contributed by atoms with van der Waals surface area (Å²) < 4.78 is 5.79. The molecule has 1 rings (SSSR count). The van der Waals surface area contributed by atoms with Crippen LogP contribution in [0.15, 0.2) is 0 Å². The van der Waals surface area contributed by atoms with Crippen molar-refractivity contribution in [2.24, 2.45) is 41.2 Å². The minimum atomic E-state index is -2.18. The summed E-state index contributed by atoms with van der Waals surface area (Å²) in [6, 6.07) is -18.6. The molecular formula is C67H116N12O20. The average Bonchev–Trinajstić information content (AvgIpc) is 0.864. The molecule has 0 saturated carbocycles. The Hall–Kier alpha value is -8.03. The predicted molar refractivity (Wildman–Crippen MR) is 362 cm³/mol. The van der Waals surface area contributed by atoms with Crippen LogP contribution >= 0.6 is 0 Å². The van der Waals surface area contributed by atoms with Gasteiger partial charge in [0.2, 0.25) is 70.9 Å². The van der Waals surface area contributed by atoms with E-state index in [-0.39, 0.29) is 68.6 Å². The zero-order valence-corrected chi connectivity index (χ0v) is 60.3. The highest BCUT2D eigenvalue weighted by Crippen LogP contribution is 2.18. The molecule has 1 aliphatic heterocycles. The first kappa shape index (κ1) is 89.0. The van der Waals surface area contributed by atoms with Gasteiger partial charge >= 0.3 is 17.9 Å². The molecule has 6 unspecified atom stereocenters. The van der Waals surface area contributed by atoms with E-state index in [0.717, 1.165) is 32.6 Å². The third kappa shape index (κ3) is 35.0. The molecule has 0 radical (unpaired) electrons. The van der Waals surface area contributed by atoms with Crippen LogP contribution in [0.3, 0.4) is 0 Å². The summed E-state index contributed by atoms with van der Waals surface area (Å²) in [4.78, 5) is 209. The lowest BCUT2D eigenvalue weighted by atomic mass is 9.96. The van der Waals surface area contributed by atoms with E-state index >= 15 is 4.79 Å². The van der Waals surface area contributed by atoms with Crippen LogP contribution in [0.4, 0.5) is 0 Å². The standard InChI is InChI=1S/C67H116N12O20/c1-15-17-18-19-20-21-41(81)31-52(83)69-44(26-34(3)4)58(89)75-49(32-54(86)87)63(94)79-56-40(14)99-67(98)43(23-25-53(84)85)71-65(96)55(39(13)16-2)78-62(93)48(30-38(11)12)72-57(88)42(22-24-51(68)82)70-59(90)45(27-35(5)6)74-64(95)50(33-80)77-61(92)46(28-36(7)8)73-60(91)47(29-37(9)10)76-66(56)97/h34-50,55-56,80-81H,15-33H2,1-14H3,(H2,68,82)(H,69,83)(H,70,90)(H,71,96)(H,72,88)(H,73,91)(H,74,95)(H,75,89)(H,76,97)(H,77,92)(H,78,93)(H,79,94)(H,84,85)(H,86,87)/t39-,40+,41-,42+,43?,44+,45?,46+,47?,48?,49+,50?,55-,56?/m0/s1. The number of amides is 12. The van der Waals surface area contributed by atoms with Crippen molar-refractivity contribution in [1.82, 2.24) is 58.5 Å². The van der Waals surface area contributed by atoms with Crippen molar-refractivity contribution >= 4 is 88.8 Å². The molecule has 0 aliphatic carbocycles. The number of cyclic esters (lactones) is 1. The highest BCUT2D eigenvalue weighted by Gasteiger charge is 2.41. The molecule has 32 nitrogen and oxygen atoms in total. The number of hydrogen-bond donors (Lipinski definition) is 16. The number of hydrogen-bond acceptors (Lipinski definition) is 18. The maximum Gasteiger partial charge on any atom is 0.329 e. The Morgan fingerprint density at radius 3 is 1.37 bits per heavy atom. The number of nitrogens with two attached hydrogens (primary N) is 1. The molecule has 14 atom stereocenters. The smallest absolute Gasteiger partial charge is 0.329 e. The predicted octanol–water partition coefficient (Wildman–Crippen LogP) is 0.250. The number of esters is 1. The summed E-state index contributed by atoms with van der Waals surface area (Å²) in [5.41, 5.74) is 5.48. The zero-order chi connectivity index (χ0) is 75.6. The van der Waals surface area contributed by atoms with E-state index in [9.17, 15) is 87.5 Å². The van der Waals surface area contributed by atoms with Gasteiger partial charge in [0, 0.05) is 12.8 Å². The van der Waals surface area contributed by atoms with Crippen molar-refractivity contribution in [3.8, 4) is 0 Å². The van der Waals surface area contributed by atoms with Gasteiger partial charge in [-0.1, -0.05) is 129 Å². The van der Waals surface area contributed by atoms with Crippen molar-refractivity contribution < 1.29 is 97.1 Å². The zero-order valence-electron chi connectivity index (χ0n) is 60.3. The summed E-state index contributed by atoms with van der Waals surface area (Å²) in [6.45, 7) is 22.3. The molecule has 0 aromatic heterocycles. The second-order valence-corrected chi connectivity index (χ2v) is 28.0. The fourth-order valence-corrected chi connectivity index (χ4v) is 10.8. The molecule has 0 aromatic rings. The van der Waals surface area contributed by atoms with Crippen LogP contribution in [0.2, 0.25) is 0 Å². The van der Waals surface area contributed by atoms with E-state index in [4.69, 9.17) is 10.5 Å². The van der Waals surface area contributed by atoms with E-state index < -0.39 is 218 Å². The molecule has 12 amide bonds. The summed E-state index contributed by atoms with van der Waals surface area (Å²) in [5.74, 6) is -19.5. The number of nitrogens with one attached hydrogen (secondary N) is 11. The molecule has 1 fully saturated rings. The lowest BCUT2D eigenvalue weighted by molar-refractivity contribution is -0.156. The van der Waals surface area contributed by atoms with Gasteiger partial charge in [-0.25, -0.2) is 4.79 Å². The van der Waals surface area contributed by atoms with Crippen molar-refractivity contribution in [2.45, 2.75) is 291 Å². The van der Waals surface area contributed by atoms with Gasteiger partial charge in [-0.05, 0) is 93.8 Å². The number of aliphatic hydroxyl groups is 2. The maximum absolute atomic E-state index is 15.0. The quantitative estimate of drug-likeness (QED) is 0.0303.